The maximum absolute atomic E-state index is 6.30. The molecule has 6 heterocycles. The van der Waals surface area contributed by atoms with Gasteiger partial charge in [-0.3, -0.25) is 0 Å². The van der Waals surface area contributed by atoms with Crippen molar-refractivity contribution in [2.45, 2.75) is 0 Å². The minimum Gasteiger partial charge on any atom is -0.456 e. The summed E-state index contributed by atoms with van der Waals surface area (Å²) in [5.74, 6) is 1.29. The Morgan fingerprint density at radius 1 is 0.104 bits per heavy atom. The van der Waals surface area contributed by atoms with E-state index in [1.807, 2.05) is 72.8 Å². The Morgan fingerprint density at radius 2 is 0.291 bits per heavy atom. The number of pyridine rings is 2. The molecule has 18 aromatic carbocycles. The van der Waals surface area contributed by atoms with Crippen molar-refractivity contribution in [1.29, 1.82) is 0 Å². The van der Waals surface area contributed by atoms with E-state index in [9.17, 15) is 0 Å². The third-order valence-electron chi connectivity index (χ3n) is 25.0. The van der Waals surface area contributed by atoms with Crippen LogP contribution in [0.5, 0.6) is 0 Å². The number of furan rings is 2. The van der Waals surface area contributed by atoms with Gasteiger partial charge in [-0.15, -0.1) is 0 Å². The molecule has 134 heavy (non-hydrogen) atoms. The van der Waals surface area contributed by atoms with Gasteiger partial charge in [-0.25, -0.2) is 29.9 Å². The lowest BCUT2D eigenvalue weighted by atomic mass is 9.91. The largest absolute Gasteiger partial charge is 0.456 e. The summed E-state index contributed by atoms with van der Waals surface area (Å²) < 4.78 is 12.6. The van der Waals surface area contributed by atoms with E-state index in [0.29, 0.717) is 11.6 Å². The minimum atomic E-state index is 0.646. The second-order valence-electron chi connectivity index (χ2n) is 33.6. The number of aromatic nitrogens is 6. The van der Waals surface area contributed by atoms with Crippen LogP contribution in [-0.2, 0) is 0 Å². The first kappa shape index (κ1) is 80.6. The highest BCUT2D eigenvalue weighted by Crippen LogP contribution is 2.44. The average Bonchev–Trinajstić information content (AvgIpc) is 1.55. The van der Waals surface area contributed by atoms with Crippen LogP contribution in [0.2, 0.25) is 0 Å². The van der Waals surface area contributed by atoms with Gasteiger partial charge in [-0.2, -0.15) is 0 Å². The third kappa shape index (κ3) is 16.8. The van der Waals surface area contributed by atoms with Gasteiger partial charge < -0.3 is 8.83 Å². The van der Waals surface area contributed by atoms with Gasteiger partial charge >= 0.3 is 0 Å². The fraction of sp³-hybridized carbons (Fsp3) is 0. The number of nitrogens with zero attached hydrogens (tertiary/aromatic N) is 6. The van der Waals surface area contributed by atoms with Crippen molar-refractivity contribution in [3.05, 3.63) is 497 Å². The number of rotatable bonds is 18. The van der Waals surface area contributed by atoms with Crippen molar-refractivity contribution in [1.82, 2.24) is 29.9 Å². The number of fused-ring (bicyclic) bond motifs is 6. The highest BCUT2D eigenvalue weighted by atomic mass is 16.3. The molecule has 0 saturated carbocycles. The van der Waals surface area contributed by atoms with Crippen molar-refractivity contribution in [2.75, 3.05) is 0 Å². The number of hydrogen-bond acceptors (Lipinski definition) is 8. The van der Waals surface area contributed by atoms with Gasteiger partial charge in [0.25, 0.3) is 0 Å². The number of hydrogen-bond donors (Lipinski definition) is 0. The van der Waals surface area contributed by atoms with E-state index in [1.54, 1.807) is 0 Å². The Kier molecular flexibility index (Phi) is 21.6. The Labute approximate surface area is 776 Å². The summed E-state index contributed by atoms with van der Waals surface area (Å²) in [6, 6.07) is 174. The van der Waals surface area contributed by atoms with Crippen molar-refractivity contribution in [3.8, 4) is 202 Å². The van der Waals surface area contributed by atoms with Crippen LogP contribution in [0.15, 0.2) is 506 Å². The topological polar surface area (TPSA) is 104 Å². The molecule has 0 saturated heterocycles. The molecule has 0 unspecified atom stereocenters. The molecule has 628 valence electrons. The molecule has 0 amide bonds. The molecule has 24 aromatic rings. The summed E-state index contributed by atoms with van der Waals surface area (Å²) in [7, 11) is 0. The lowest BCUT2D eigenvalue weighted by Gasteiger charge is -2.16. The molecule has 8 nitrogen and oxygen atoms in total. The summed E-state index contributed by atoms with van der Waals surface area (Å²) in [5.41, 5.74) is 38.2. The molecule has 0 spiro atoms. The molecule has 0 radical (unpaired) electrons. The van der Waals surface area contributed by atoms with Gasteiger partial charge in [0.05, 0.1) is 45.6 Å². The molecule has 0 aliphatic rings. The van der Waals surface area contributed by atoms with Crippen LogP contribution in [0, 0.1) is 0 Å². The van der Waals surface area contributed by atoms with E-state index in [4.69, 9.17) is 38.7 Å². The first-order valence-electron chi connectivity index (χ1n) is 45.1. The summed E-state index contributed by atoms with van der Waals surface area (Å²) in [6.07, 6.45) is 0. The van der Waals surface area contributed by atoms with Gasteiger partial charge in [0, 0.05) is 77.2 Å². The van der Waals surface area contributed by atoms with Crippen LogP contribution in [0.25, 0.3) is 246 Å². The van der Waals surface area contributed by atoms with Gasteiger partial charge in [0.2, 0.25) is 0 Å². The Morgan fingerprint density at radius 3 is 0.590 bits per heavy atom. The predicted molar refractivity (Wildman–Crippen MR) is 552 cm³/mol. The van der Waals surface area contributed by atoms with E-state index in [0.717, 1.165) is 201 Å². The molecule has 0 bridgehead atoms. The summed E-state index contributed by atoms with van der Waals surface area (Å²) in [4.78, 5) is 31.7. The Hall–Kier alpha value is -18.0. The van der Waals surface area contributed by atoms with Crippen molar-refractivity contribution in [2.24, 2.45) is 0 Å². The monoisotopic (exact) mass is 1710 g/mol. The standard InChI is InChI=1S/C64H42N2O.C62H40N4O/c1-5-15-43(16-6-1)45-25-29-49(30-26-45)61-41-55(39-59(65-61)47-19-9-3-10-20-47)53-35-52(51-33-34-64-58(38-51)57-23-13-14-24-63(57)67-64)36-54(37-53)56-40-60(48-21-11-4-12-22-48)66-62(42-56)50-31-27-46(28-32-50)44-17-7-2-8-18-44;1-5-15-41(16-6-1)43-25-29-45(30-26-43)55-39-57(65-61(63-55)47-19-9-3-10-20-47)51-35-50(49-33-34-60-54(38-49)53-23-13-14-24-59(53)67-60)36-52(37-51)58-40-56(64-62(66-58)48-21-11-4-12-22-48)46-31-27-44(28-32-46)42-17-7-2-8-18-42/h1-42H;1-40H. The summed E-state index contributed by atoms with van der Waals surface area (Å²) >= 11 is 0. The zero-order valence-electron chi connectivity index (χ0n) is 72.8. The summed E-state index contributed by atoms with van der Waals surface area (Å²) in [5, 5.41) is 4.33. The van der Waals surface area contributed by atoms with E-state index in [-0.39, 0.29) is 0 Å². The van der Waals surface area contributed by atoms with E-state index < -0.39 is 0 Å². The molecule has 6 aromatic heterocycles. The van der Waals surface area contributed by atoms with Gasteiger partial charge in [0.1, 0.15) is 22.3 Å². The fourth-order valence-electron chi connectivity index (χ4n) is 18.0. The Balaban J connectivity index is 0.000000151. The molecule has 24 rings (SSSR count). The van der Waals surface area contributed by atoms with Crippen molar-refractivity contribution in [3.63, 3.8) is 0 Å². The highest BCUT2D eigenvalue weighted by molar-refractivity contribution is 6.08. The average molecular weight is 1710 g/mol. The molecule has 0 atom stereocenters. The lowest BCUT2D eigenvalue weighted by molar-refractivity contribution is 0.668. The third-order valence-corrected chi connectivity index (χ3v) is 25.0. The van der Waals surface area contributed by atoms with Crippen LogP contribution in [0.4, 0.5) is 0 Å². The molecular formula is C126H82N6O2. The fourth-order valence-corrected chi connectivity index (χ4v) is 18.0. The van der Waals surface area contributed by atoms with Crippen LogP contribution >= 0.6 is 0 Å². The van der Waals surface area contributed by atoms with Crippen molar-refractivity contribution >= 4 is 43.9 Å². The molecule has 0 aliphatic heterocycles. The van der Waals surface area contributed by atoms with Crippen LogP contribution in [0.3, 0.4) is 0 Å². The molecular weight excluding hydrogens is 1630 g/mol. The molecule has 0 N–H and O–H groups in total. The van der Waals surface area contributed by atoms with E-state index in [1.165, 1.54) is 33.4 Å². The first-order valence-corrected chi connectivity index (χ1v) is 45.1. The van der Waals surface area contributed by atoms with Crippen LogP contribution in [0.1, 0.15) is 0 Å². The first-order chi connectivity index (χ1) is 66.3. The summed E-state index contributed by atoms with van der Waals surface area (Å²) in [6.45, 7) is 0. The number of para-hydroxylation sites is 2. The number of benzene rings is 18. The maximum atomic E-state index is 6.30. The second-order valence-corrected chi connectivity index (χ2v) is 33.6. The molecule has 0 fully saturated rings. The van der Waals surface area contributed by atoms with Crippen LogP contribution < -0.4 is 0 Å². The predicted octanol–water partition coefficient (Wildman–Crippen LogP) is 33.5. The van der Waals surface area contributed by atoms with E-state index >= 15 is 0 Å². The maximum Gasteiger partial charge on any atom is 0.160 e. The van der Waals surface area contributed by atoms with Crippen molar-refractivity contribution < 1.29 is 8.83 Å². The molecule has 8 heteroatoms. The second kappa shape index (κ2) is 35.9. The minimum absolute atomic E-state index is 0.646. The lowest BCUT2D eigenvalue weighted by Crippen LogP contribution is -1.98. The zero-order chi connectivity index (χ0) is 89.0. The van der Waals surface area contributed by atoms with Gasteiger partial charge in [-0.1, -0.05) is 388 Å². The van der Waals surface area contributed by atoms with E-state index in [2.05, 4.69) is 425 Å². The van der Waals surface area contributed by atoms with Gasteiger partial charge in [-0.05, 0) is 198 Å². The normalized spacial score (nSPS) is 11.3. The highest BCUT2D eigenvalue weighted by Gasteiger charge is 2.22. The van der Waals surface area contributed by atoms with Crippen LogP contribution in [-0.4, -0.2) is 29.9 Å². The van der Waals surface area contributed by atoms with Gasteiger partial charge in [0.15, 0.2) is 11.6 Å². The molecule has 0 aliphatic carbocycles. The SMILES string of the molecule is c1ccc(-c2ccc(-c3cc(-c4cc(-c5cc(-c6ccccc6)nc(-c6ccc(-c7ccccc7)cc6)c5)cc(-c5ccc6oc7ccccc7c6c5)c4)cc(-c4ccccc4)n3)cc2)cc1.c1ccc(-c2ccc(-c3cc(-c4cc(-c5ccc6oc7ccccc7c6c5)cc(-c5cc(-c6ccc(-c7ccccc7)cc6)nc(-c6ccccc6)n5)c4)nc(-c4ccccc4)n3)cc2)cc1. The zero-order valence-corrected chi connectivity index (χ0v) is 72.8. The Bertz CT molecular complexity index is 7520. The smallest absolute Gasteiger partial charge is 0.160 e. The quantitative estimate of drug-likeness (QED) is 0.0837.